The molecule has 0 aromatic rings. The first kappa shape index (κ1) is 12.0. The highest BCUT2D eigenvalue weighted by molar-refractivity contribution is 4.96. The summed E-state index contributed by atoms with van der Waals surface area (Å²) in [6.07, 6.45) is 3.78. The van der Waals surface area contributed by atoms with Crippen molar-refractivity contribution in [1.82, 2.24) is 10.4 Å². The minimum Gasteiger partial charge on any atom is -0.329 e. The van der Waals surface area contributed by atoms with E-state index in [0.717, 1.165) is 12.5 Å². The van der Waals surface area contributed by atoms with Gasteiger partial charge in [0.1, 0.15) is 0 Å². The molecule has 1 aliphatic rings. The number of rotatable bonds is 3. The smallest absolute Gasteiger partial charge is 0.0473 e. The van der Waals surface area contributed by atoms with E-state index in [-0.39, 0.29) is 5.54 Å². The molecule has 3 N–H and O–H groups in total. The van der Waals surface area contributed by atoms with Crippen LogP contribution in [0.5, 0.6) is 0 Å². The number of hydrogen-bond acceptors (Lipinski definition) is 3. The van der Waals surface area contributed by atoms with Crippen molar-refractivity contribution in [3.8, 4) is 0 Å². The highest BCUT2D eigenvalue weighted by Gasteiger charge is 2.39. The predicted molar refractivity (Wildman–Crippen MR) is 60.8 cm³/mol. The predicted octanol–water partition coefficient (Wildman–Crippen LogP) is 1.21. The zero-order valence-corrected chi connectivity index (χ0v) is 10.0. The number of nitrogens with zero attached hydrogens (tertiary/aromatic N) is 1. The number of hydrazine groups is 1. The van der Waals surface area contributed by atoms with Gasteiger partial charge in [0.25, 0.3) is 0 Å². The Balaban J connectivity index is 2.67. The van der Waals surface area contributed by atoms with E-state index in [2.05, 4.69) is 19.3 Å². The van der Waals surface area contributed by atoms with Gasteiger partial charge in [-0.05, 0) is 31.1 Å². The summed E-state index contributed by atoms with van der Waals surface area (Å²) >= 11 is 0. The highest BCUT2D eigenvalue weighted by Crippen LogP contribution is 2.36. The van der Waals surface area contributed by atoms with Crippen LogP contribution in [0.1, 0.15) is 33.1 Å². The van der Waals surface area contributed by atoms with E-state index in [1.807, 2.05) is 19.1 Å². The Morgan fingerprint density at radius 2 is 2.07 bits per heavy atom. The first-order valence-electron chi connectivity index (χ1n) is 5.65. The van der Waals surface area contributed by atoms with Gasteiger partial charge in [0.05, 0.1) is 0 Å². The van der Waals surface area contributed by atoms with Crippen molar-refractivity contribution >= 4 is 0 Å². The molecule has 0 heterocycles. The van der Waals surface area contributed by atoms with Crippen LogP contribution in [0.2, 0.25) is 0 Å². The first-order chi connectivity index (χ1) is 6.50. The molecule has 1 rings (SSSR count). The number of hydrogen-bond donors (Lipinski definition) is 2. The van der Waals surface area contributed by atoms with Crippen LogP contribution < -0.4 is 11.2 Å². The quantitative estimate of drug-likeness (QED) is 0.671. The molecule has 0 aromatic heterocycles. The number of nitrogens with two attached hydrogens (primary N) is 1. The normalized spacial score (nSPS) is 39.0. The van der Waals surface area contributed by atoms with E-state index in [0.29, 0.717) is 5.92 Å². The standard InChI is InChI=1S/C11H25N3/c1-9-5-6-11(8-12,10(2)7-9)13-14(3)4/h9-10,13H,5-8,12H2,1-4H3. The van der Waals surface area contributed by atoms with E-state index in [1.54, 1.807) is 0 Å². The van der Waals surface area contributed by atoms with Crippen molar-refractivity contribution < 1.29 is 0 Å². The summed E-state index contributed by atoms with van der Waals surface area (Å²) < 4.78 is 0. The molecule has 0 saturated heterocycles. The summed E-state index contributed by atoms with van der Waals surface area (Å²) in [4.78, 5) is 0. The minimum absolute atomic E-state index is 0.135. The van der Waals surface area contributed by atoms with Crippen LogP contribution in [-0.4, -0.2) is 31.2 Å². The summed E-state index contributed by atoms with van der Waals surface area (Å²) in [5.74, 6) is 1.52. The average molecular weight is 199 g/mol. The summed E-state index contributed by atoms with van der Waals surface area (Å²) in [5.41, 5.74) is 9.59. The van der Waals surface area contributed by atoms with Gasteiger partial charge < -0.3 is 5.73 Å². The molecule has 14 heavy (non-hydrogen) atoms. The van der Waals surface area contributed by atoms with Crippen LogP contribution in [0.25, 0.3) is 0 Å². The molecule has 3 unspecified atom stereocenters. The fourth-order valence-corrected chi connectivity index (χ4v) is 2.66. The van der Waals surface area contributed by atoms with Crippen molar-refractivity contribution in [2.24, 2.45) is 17.6 Å². The third kappa shape index (κ3) is 2.47. The zero-order valence-electron chi connectivity index (χ0n) is 10.0. The first-order valence-corrected chi connectivity index (χ1v) is 5.65. The van der Waals surface area contributed by atoms with Gasteiger partial charge in [-0.1, -0.05) is 13.8 Å². The second kappa shape index (κ2) is 4.60. The van der Waals surface area contributed by atoms with Gasteiger partial charge >= 0.3 is 0 Å². The lowest BCUT2D eigenvalue weighted by Gasteiger charge is -2.46. The van der Waals surface area contributed by atoms with Crippen molar-refractivity contribution in [3.05, 3.63) is 0 Å². The lowest BCUT2D eigenvalue weighted by Crippen LogP contribution is -2.61. The largest absolute Gasteiger partial charge is 0.329 e. The van der Waals surface area contributed by atoms with E-state index in [9.17, 15) is 0 Å². The molecule has 84 valence electrons. The Hall–Kier alpha value is -0.120. The number of nitrogens with one attached hydrogen (secondary N) is 1. The van der Waals surface area contributed by atoms with E-state index in [1.165, 1.54) is 19.3 Å². The van der Waals surface area contributed by atoms with Gasteiger partial charge in [0, 0.05) is 26.2 Å². The topological polar surface area (TPSA) is 41.3 Å². The maximum atomic E-state index is 5.93. The van der Waals surface area contributed by atoms with Crippen LogP contribution in [0.4, 0.5) is 0 Å². The van der Waals surface area contributed by atoms with E-state index in [4.69, 9.17) is 5.73 Å². The molecule has 3 atom stereocenters. The zero-order chi connectivity index (χ0) is 10.8. The van der Waals surface area contributed by atoms with Crippen LogP contribution in [0.15, 0.2) is 0 Å². The Kier molecular flexibility index (Phi) is 3.93. The SMILES string of the molecule is CC1CCC(CN)(NN(C)C)C(C)C1. The van der Waals surface area contributed by atoms with Crippen LogP contribution in [0.3, 0.4) is 0 Å². The lowest BCUT2D eigenvalue weighted by atomic mass is 9.70. The Labute approximate surface area is 88.0 Å². The maximum Gasteiger partial charge on any atom is 0.0473 e. The minimum atomic E-state index is 0.135. The molecule has 0 radical (unpaired) electrons. The van der Waals surface area contributed by atoms with E-state index < -0.39 is 0 Å². The van der Waals surface area contributed by atoms with Gasteiger partial charge in [0.15, 0.2) is 0 Å². The lowest BCUT2D eigenvalue weighted by molar-refractivity contribution is 0.0597. The van der Waals surface area contributed by atoms with Gasteiger partial charge in [0.2, 0.25) is 0 Å². The molecule has 1 aliphatic carbocycles. The van der Waals surface area contributed by atoms with Gasteiger partial charge in [-0.15, -0.1) is 0 Å². The fraction of sp³-hybridized carbons (Fsp3) is 1.00. The van der Waals surface area contributed by atoms with Crippen molar-refractivity contribution in [2.75, 3.05) is 20.6 Å². The fourth-order valence-electron chi connectivity index (χ4n) is 2.66. The molecular formula is C11H25N3. The summed E-state index contributed by atoms with van der Waals surface area (Å²) in [6.45, 7) is 5.39. The summed E-state index contributed by atoms with van der Waals surface area (Å²) in [5, 5.41) is 2.04. The van der Waals surface area contributed by atoms with Gasteiger partial charge in [-0.2, -0.15) is 0 Å². The molecule has 1 fully saturated rings. The average Bonchev–Trinajstić information content (AvgIpc) is 2.10. The molecule has 0 spiro atoms. The van der Waals surface area contributed by atoms with Crippen LogP contribution in [0, 0.1) is 11.8 Å². The maximum absolute atomic E-state index is 5.93. The molecule has 3 nitrogen and oxygen atoms in total. The van der Waals surface area contributed by atoms with Gasteiger partial charge in [-0.3, -0.25) is 5.01 Å². The molecule has 0 amide bonds. The molecule has 1 saturated carbocycles. The molecule has 3 heteroatoms. The second-order valence-electron chi connectivity index (χ2n) is 5.15. The summed E-state index contributed by atoms with van der Waals surface area (Å²) in [7, 11) is 4.09. The van der Waals surface area contributed by atoms with Crippen molar-refractivity contribution in [3.63, 3.8) is 0 Å². The molecule has 0 bridgehead atoms. The highest BCUT2D eigenvalue weighted by atomic mass is 15.5. The van der Waals surface area contributed by atoms with Gasteiger partial charge in [-0.25, -0.2) is 5.43 Å². The van der Waals surface area contributed by atoms with E-state index >= 15 is 0 Å². The third-order valence-electron chi connectivity index (χ3n) is 3.59. The molecule has 0 aliphatic heterocycles. The Morgan fingerprint density at radius 1 is 1.43 bits per heavy atom. The second-order valence-corrected chi connectivity index (χ2v) is 5.15. The van der Waals surface area contributed by atoms with Crippen molar-refractivity contribution in [1.29, 1.82) is 0 Å². The van der Waals surface area contributed by atoms with Crippen molar-refractivity contribution in [2.45, 2.75) is 38.6 Å². The third-order valence-corrected chi connectivity index (χ3v) is 3.59. The molecular weight excluding hydrogens is 174 g/mol. The monoisotopic (exact) mass is 199 g/mol. The summed E-state index contributed by atoms with van der Waals surface area (Å²) in [6, 6.07) is 0. The Bertz CT molecular complexity index is 181. The van der Waals surface area contributed by atoms with Crippen LogP contribution in [-0.2, 0) is 0 Å². The Morgan fingerprint density at radius 3 is 2.50 bits per heavy atom. The molecule has 0 aromatic carbocycles. The van der Waals surface area contributed by atoms with Crippen LogP contribution >= 0.6 is 0 Å².